The summed E-state index contributed by atoms with van der Waals surface area (Å²) in [6, 6.07) is 4.76. The standard InChI is InChI=1S/C16H15FN2O2/c1-8-6-10(9(2)20)13-11(7-8)16(21)19(3)15-14(13)12(17)4-5-18-15/h4-7,9,20H,1-3H3. The Labute approximate surface area is 120 Å². The Morgan fingerprint density at radius 3 is 2.71 bits per heavy atom. The zero-order valence-electron chi connectivity index (χ0n) is 12.0. The fourth-order valence-corrected chi connectivity index (χ4v) is 2.78. The molecule has 0 aliphatic carbocycles. The van der Waals surface area contributed by atoms with Gasteiger partial charge < -0.3 is 5.11 Å². The summed E-state index contributed by atoms with van der Waals surface area (Å²) < 4.78 is 15.7. The van der Waals surface area contributed by atoms with Crippen LogP contribution in [-0.2, 0) is 7.05 Å². The lowest BCUT2D eigenvalue weighted by Gasteiger charge is -2.15. The molecular formula is C16H15FN2O2. The molecule has 0 aliphatic rings. The second-order valence-corrected chi connectivity index (χ2v) is 5.31. The van der Waals surface area contributed by atoms with Crippen molar-refractivity contribution >= 4 is 21.8 Å². The van der Waals surface area contributed by atoms with Gasteiger partial charge in [-0.1, -0.05) is 6.07 Å². The number of benzene rings is 1. The molecule has 108 valence electrons. The van der Waals surface area contributed by atoms with E-state index in [1.54, 1.807) is 26.1 Å². The van der Waals surface area contributed by atoms with E-state index < -0.39 is 11.9 Å². The Hall–Kier alpha value is -2.27. The molecule has 0 saturated heterocycles. The molecule has 3 aromatic rings. The average Bonchev–Trinajstić information content (AvgIpc) is 2.44. The lowest BCUT2D eigenvalue weighted by molar-refractivity contribution is 0.201. The number of fused-ring (bicyclic) bond motifs is 3. The molecule has 0 amide bonds. The summed E-state index contributed by atoms with van der Waals surface area (Å²) in [5, 5.41) is 11.1. The molecule has 0 bridgehead atoms. The van der Waals surface area contributed by atoms with Crippen molar-refractivity contribution in [1.82, 2.24) is 9.55 Å². The topological polar surface area (TPSA) is 55.1 Å². The summed E-state index contributed by atoms with van der Waals surface area (Å²) in [4.78, 5) is 16.6. The Morgan fingerprint density at radius 2 is 2.05 bits per heavy atom. The molecular weight excluding hydrogens is 271 g/mol. The Bertz CT molecular complexity index is 929. The van der Waals surface area contributed by atoms with Crippen LogP contribution in [0.3, 0.4) is 0 Å². The van der Waals surface area contributed by atoms with Gasteiger partial charge in [0.05, 0.1) is 11.5 Å². The molecule has 0 aliphatic heterocycles. The van der Waals surface area contributed by atoms with Crippen molar-refractivity contribution in [2.75, 3.05) is 0 Å². The molecule has 1 aromatic carbocycles. The number of pyridine rings is 2. The van der Waals surface area contributed by atoms with Gasteiger partial charge in [-0.05, 0) is 37.1 Å². The number of hydrogen-bond donors (Lipinski definition) is 1. The van der Waals surface area contributed by atoms with Gasteiger partial charge >= 0.3 is 0 Å². The van der Waals surface area contributed by atoms with Crippen molar-refractivity contribution in [2.45, 2.75) is 20.0 Å². The van der Waals surface area contributed by atoms with Crippen LogP contribution in [0, 0.1) is 12.7 Å². The van der Waals surface area contributed by atoms with Crippen LogP contribution >= 0.6 is 0 Å². The minimum Gasteiger partial charge on any atom is -0.389 e. The van der Waals surface area contributed by atoms with Gasteiger partial charge in [0.1, 0.15) is 11.5 Å². The molecule has 0 radical (unpaired) electrons. The highest BCUT2D eigenvalue weighted by atomic mass is 19.1. The van der Waals surface area contributed by atoms with Gasteiger partial charge in [-0.25, -0.2) is 9.37 Å². The Kier molecular flexibility index (Phi) is 3.02. The summed E-state index contributed by atoms with van der Waals surface area (Å²) in [5.41, 5.74) is 1.42. The van der Waals surface area contributed by atoms with Crippen LogP contribution in [-0.4, -0.2) is 14.7 Å². The quantitative estimate of drug-likeness (QED) is 0.700. The monoisotopic (exact) mass is 286 g/mol. The van der Waals surface area contributed by atoms with Crippen molar-refractivity contribution < 1.29 is 9.50 Å². The lowest BCUT2D eigenvalue weighted by Crippen LogP contribution is -2.19. The van der Waals surface area contributed by atoms with Crippen LogP contribution in [0.1, 0.15) is 24.2 Å². The van der Waals surface area contributed by atoms with Crippen LogP contribution < -0.4 is 5.56 Å². The number of hydrogen-bond acceptors (Lipinski definition) is 3. The maximum atomic E-state index is 14.3. The van der Waals surface area contributed by atoms with Crippen molar-refractivity contribution in [2.24, 2.45) is 7.05 Å². The maximum absolute atomic E-state index is 14.3. The van der Waals surface area contributed by atoms with Gasteiger partial charge in [-0.3, -0.25) is 9.36 Å². The second kappa shape index (κ2) is 4.63. The average molecular weight is 286 g/mol. The number of aryl methyl sites for hydroxylation is 2. The van der Waals surface area contributed by atoms with E-state index in [-0.39, 0.29) is 16.6 Å². The van der Waals surface area contributed by atoms with Gasteiger partial charge in [0, 0.05) is 24.0 Å². The van der Waals surface area contributed by atoms with E-state index in [1.807, 2.05) is 6.92 Å². The fraction of sp³-hybridized carbons (Fsp3) is 0.250. The molecule has 1 atom stereocenters. The third-order valence-electron chi connectivity index (χ3n) is 3.75. The van der Waals surface area contributed by atoms with Gasteiger partial charge in [0.25, 0.3) is 5.56 Å². The summed E-state index contributed by atoms with van der Waals surface area (Å²) in [7, 11) is 1.57. The Balaban J connectivity index is 2.74. The molecule has 0 saturated carbocycles. The highest BCUT2D eigenvalue weighted by molar-refractivity contribution is 6.07. The fourth-order valence-electron chi connectivity index (χ4n) is 2.78. The van der Waals surface area contributed by atoms with E-state index in [1.165, 1.54) is 16.8 Å². The smallest absolute Gasteiger partial charge is 0.259 e. The zero-order valence-corrected chi connectivity index (χ0v) is 12.0. The first-order valence-corrected chi connectivity index (χ1v) is 6.67. The molecule has 0 spiro atoms. The van der Waals surface area contributed by atoms with E-state index in [0.29, 0.717) is 16.3 Å². The summed E-state index contributed by atoms with van der Waals surface area (Å²) in [6.07, 6.45) is 0.529. The van der Waals surface area contributed by atoms with Crippen LogP contribution in [0.25, 0.3) is 21.8 Å². The third-order valence-corrected chi connectivity index (χ3v) is 3.75. The molecule has 0 fully saturated rings. The summed E-state index contributed by atoms with van der Waals surface area (Å²) in [6.45, 7) is 3.44. The number of nitrogens with zero attached hydrogens (tertiary/aromatic N) is 2. The summed E-state index contributed by atoms with van der Waals surface area (Å²) in [5.74, 6) is -0.452. The molecule has 21 heavy (non-hydrogen) atoms. The first kappa shape index (κ1) is 13.7. The van der Waals surface area contributed by atoms with Crippen LogP contribution in [0.15, 0.2) is 29.2 Å². The molecule has 1 N–H and O–H groups in total. The van der Waals surface area contributed by atoms with Gasteiger partial charge in [-0.2, -0.15) is 0 Å². The first-order chi connectivity index (χ1) is 9.91. The molecule has 4 nitrogen and oxygen atoms in total. The number of rotatable bonds is 1. The van der Waals surface area contributed by atoms with E-state index in [2.05, 4.69) is 4.98 Å². The highest BCUT2D eigenvalue weighted by Crippen LogP contribution is 2.31. The predicted octanol–water partition coefficient (Wildman–Crippen LogP) is 2.59. The van der Waals surface area contributed by atoms with Crippen molar-refractivity contribution in [3.8, 4) is 0 Å². The van der Waals surface area contributed by atoms with E-state index in [0.717, 1.165) is 5.56 Å². The van der Waals surface area contributed by atoms with E-state index in [9.17, 15) is 14.3 Å². The molecule has 2 heterocycles. The Morgan fingerprint density at radius 1 is 1.33 bits per heavy atom. The second-order valence-electron chi connectivity index (χ2n) is 5.31. The van der Waals surface area contributed by atoms with Crippen molar-refractivity contribution in [3.63, 3.8) is 0 Å². The number of aliphatic hydroxyl groups excluding tert-OH is 1. The SMILES string of the molecule is Cc1cc(C(C)O)c2c(c1)c(=O)n(C)c1nccc(F)c21. The van der Waals surface area contributed by atoms with Crippen molar-refractivity contribution in [1.29, 1.82) is 0 Å². The number of aromatic nitrogens is 2. The molecule has 3 rings (SSSR count). The number of aliphatic hydroxyl groups is 1. The van der Waals surface area contributed by atoms with Crippen LogP contribution in [0.5, 0.6) is 0 Å². The minimum atomic E-state index is -0.803. The van der Waals surface area contributed by atoms with Crippen LogP contribution in [0.4, 0.5) is 4.39 Å². The maximum Gasteiger partial charge on any atom is 0.259 e. The van der Waals surface area contributed by atoms with Gasteiger partial charge in [0.2, 0.25) is 0 Å². The zero-order chi connectivity index (χ0) is 15.3. The van der Waals surface area contributed by atoms with Gasteiger partial charge in [-0.15, -0.1) is 0 Å². The van der Waals surface area contributed by atoms with E-state index >= 15 is 0 Å². The molecule has 5 heteroatoms. The minimum absolute atomic E-state index is 0.249. The summed E-state index contributed by atoms with van der Waals surface area (Å²) >= 11 is 0. The highest BCUT2D eigenvalue weighted by Gasteiger charge is 2.18. The molecule has 2 aromatic heterocycles. The molecule has 1 unspecified atom stereocenters. The predicted molar refractivity (Wildman–Crippen MR) is 79.8 cm³/mol. The largest absolute Gasteiger partial charge is 0.389 e. The third kappa shape index (κ3) is 1.93. The van der Waals surface area contributed by atoms with Crippen molar-refractivity contribution in [3.05, 3.63) is 51.7 Å². The van der Waals surface area contributed by atoms with Gasteiger partial charge in [0.15, 0.2) is 0 Å². The normalized spacial score (nSPS) is 13.0. The first-order valence-electron chi connectivity index (χ1n) is 6.67. The van der Waals surface area contributed by atoms with Crippen LogP contribution in [0.2, 0.25) is 0 Å². The van der Waals surface area contributed by atoms with E-state index in [4.69, 9.17) is 0 Å². The lowest BCUT2D eigenvalue weighted by atomic mass is 9.96. The number of halogens is 1.